The third kappa shape index (κ3) is 2.29. The van der Waals surface area contributed by atoms with E-state index in [-0.39, 0.29) is 17.5 Å². The van der Waals surface area contributed by atoms with Gasteiger partial charge >= 0.3 is 0 Å². The molecule has 1 N–H and O–H groups in total. The van der Waals surface area contributed by atoms with Crippen molar-refractivity contribution >= 4 is 0 Å². The van der Waals surface area contributed by atoms with Gasteiger partial charge in [0.15, 0.2) is 0 Å². The van der Waals surface area contributed by atoms with Crippen LogP contribution in [0.15, 0.2) is 18.2 Å². The molecular weight excluding hydrogens is 229 g/mol. The smallest absolute Gasteiger partial charge is 0.128 e. The van der Waals surface area contributed by atoms with Crippen LogP contribution < -0.4 is 5.32 Å². The van der Waals surface area contributed by atoms with E-state index in [2.05, 4.69) is 5.32 Å². The topological polar surface area (TPSA) is 21.3 Å². The lowest BCUT2D eigenvalue weighted by molar-refractivity contribution is -0.100. The van der Waals surface area contributed by atoms with E-state index in [0.29, 0.717) is 0 Å². The molecule has 1 aromatic carbocycles. The zero-order chi connectivity index (χ0) is 13.2. The second-order valence-corrected chi connectivity index (χ2v) is 5.14. The quantitative estimate of drug-likeness (QED) is 0.866. The van der Waals surface area contributed by atoms with Gasteiger partial charge in [-0.3, -0.25) is 0 Å². The van der Waals surface area contributed by atoms with Crippen LogP contribution in [0.2, 0.25) is 0 Å². The van der Waals surface area contributed by atoms with Crippen LogP contribution in [0, 0.1) is 12.7 Å². The Hall–Kier alpha value is -0.930. The van der Waals surface area contributed by atoms with Gasteiger partial charge in [-0.15, -0.1) is 0 Å². The van der Waals surface area contributed by atoms with Crippen LogP contribution in [-0.2, 0) is 4.74 Å². The highest BCUT2D eigenvalue weighted by Crippen LogP contribution is 2.45. The third-order valence-corrected chi connectivity index (χ3v) is 4.00. The molecule has 1 saturated carbocycles. The first kappa shape index (κ1) is 13.5. The molecule has 1 aliphatic carbocycles. The van der Waals surface area contributed by atoms with Crippen LogP contribution >= 0.6 is 0 Å². The molecule has 0 heterocycles. The Labute approximate surface area is 109 Å². The van der Waals surface area contributed by atoms with Crippen LogP contribution in [-0.4, -0.2) is 19.3 Å². The second-order valence-electron chi connectivity index (χ2n) is 5.14. The molecule has 0 radical (unpaired) electrons. The van der Waals surface area contributed by atoms with E-state index < -0.39 is 0 Å². The number of hydrogen-bond donors (Lipinski definition) is 1. The summed E-state index contributed by atoms with van der Waals surface area (Å²) in [6.07, 6.45) is 3.15. The van der Waals surface area contributed by atoms with Crippen molar-refractivity contribution in [1.29, 1.82) is 0 Å². The van der Waals surface area contributed by atoms with Gasteiger partial charge in [-0.05, 0) is 38.8 Å². The molecule has 0 amide bonds. The lowest BCUT2D eigenvalue weighted by Crippen LogP contribution is -2.50. The number of hydrogen-bond acceptors (Lipinski definition) is 2. The first-order valence-corrected chi connectivity index (χ1v) is 6.67. The third-order valence-electron chi connectivity index (χ3n) is 4.00. The molecule has 3 heteroatoms. The molecule has 1 aromatic rings. The van der Waals surface area contributed by atoms with E-state index in [1.807, 2.05) is 26.0 Å². The summed E-state index contributed by atoms with van der Waals surface area (Å²) in [5, 5.41) is 3.40. The lowest BCUT2D eigenvalue weighted by Gasteiger charge is -2.47. The van der Waals surface area contributed by atoms with E-state index in [0.717, 1.165) is 36.9 Å². The Morgan fingerprint density at radius 2 is 2.17 bits per heavy atom. The number of methoxy groups -OCH3 is 1. The van der Waals surface area contributed by atoms with Crippen molar-refractivity contribution in [2.75, 3.05) is 13.7 Å². The number of nitrogens with one attached hydrogen (secondary N) is 1. The summed E-state index contributed by atoms with van der Waals surface area (Å²) in [7, 11) is 1.73. The van der Waals surface area contributed by atoms with Crippen molar-refractivity contribution in [3.8, 4) is 0 Å². The zero-order valence-electron chi connectivity index (χ0n) is 11.4. The van der Waals surface area contributed by atoms with Gasteiger partial charge in [0.2, 0.25) is 0 Å². The predicted molar refractivity (Wildman–Crippen MR) is 71.1 cm³/mol. The van der Waals surface area contributed by atoms with Crippen molar-refractivity contribution in [2.45, 2.75) is 44.8 Å². The Kier molecular flexibility index (Phi) is 4.03. The normalized spacial score (nSPS) is 19.3. The van der Waals surface area contributed by atoms with Crippen LogP contribution in [0.3, 0.4) is 0 Å². The summed E-state index contributed by atoms with van der Waals surface area (Å²) in [4.78, 5) is 0. The van der Waals surface area contributed by atoms with Crippen molar-refractivity contribution in [3.63, 3.8) is 0 Å². The Bertz CT molecular complexity index is 409. The summed E-state index contributed by atoms with van der Waals surface area (Å²) in [5.41, 5.74) is 1.59. The van der Waals surface area contributed by atoms with E-state index in [1.54, 1.807) is 13.2 Å². The number of halogens is 1. The van der Waals surface area contributed by atoms with Crippen molar-refractivity contribution < 1.29 is 9.13 Å². The molecule has 0 spiro atoms. The standard InChI is InChI=1S/C15H22FNO/c1-4-17-14(15(18-3)8-5-9-15)12-10-11(2)6-7-13(12)16/h6-7,10,14,17H,4-5,8-9H2,1-3H3. The van der Waals surface area contributed by atoms with Crippen LogP contribution in [0.25, 0.3) is 0 Å². The summed E-state index contributed by atoms with van der Waals surface area (Å²) in [5.74, 6) is -0.144. The molecule has 18 heavy (non-hydrogen) atoms. The number of rotatable bonds is 5. The fourth-order valence-electron chi connectivity index (χ4n) is 2.80. The molecule has 1 fully saturated rings. The maximum atomic E-state index is 14.1. The average molecular weight is 251 g/mol. The van der Waals surface area contributed by atoms with Gasteiger partial charge in [0.1, 0.15) is 5.82 Å². The zero-order valence-corrected chi connectivity index (χ0v) is 11.4. The number of benzene rings is 1. The van der Waals surface area contributed by atoms with Gasteiger partial charge < -0.3 is 10.1 Å². The minimum Gasteiger partial charge on any atom is -0.376 e. The Balaban J connectivity index is 2.37. The van der Waals surface area contributed by atoms with Crippen LogP contribution in [0.4, 0.5) is 4.39 Å². The maximum Gasteiger partial charge on any atom is 0.128 e. The molecule has 100 valence electrons. The number of aryl methyl sites for hydroxylation is 1. The summed E-state index contributed by atoms with van der Waals surface area (Å²) >= 11 is 0. The number of ether oxygens (including phenoxy) is 1. The lowest BCUT2D eigenvalue weighted by atomic mass is 9.72. The minimum atomic E-state index is -0.232. The van der Waals surface area contributed by atoms with Crippen molar-refractivity contribution in [3.05, 3.63) is 35.1 Å². The van der Waals surface area contributed by atoms with Gasteiger partial charge in [-0.2, -0.15) is 0 Å². The Morgan fingerprint density at radius 3 is 2.67 bits per heavy atom. The van der Waals surface area contributed by atoms with Crippen LogP contribution in [0.5, 0.6) is 0 Å². The van der Waals surface area contributed by atoms with Gasteiger partial charge in [-0.1, -0.05) is 24.6 Å². The first-order chi connectivity index (χ1) is 8.63. The van der Waals surface area contributed by atoms with Gasteiger partial charge in [0.25, 0.3) is 0 Å². The van der Waals surface area contributed by atoms with E-state index in [4.69, 9.17) is 4.74 Å². The maximum absolute atomic E-state index is 14.1. The van der Waals surface area contributed by atoms with E-state index in [9.17, 15) is 4.39 Å². The second kappa shape index (κ2) is 5.37. The molecule has 1 atom stereocenters. The molecule has 1 unspecified atom stereocenters. The first-order valence-electron chi connectivity index (χ1n) is 6.67. The minimum absolute atomic E-state index is 0.0545. The molecule has 0 aromatic heterocycles. The highest BCUT2D eigenvalue weighted by molar-refractivity contribution is 5.30. The fraction of sp³-hybridized carbons (Fsp3) is 0.600. The van der Waals surface area contributed by atoms with Gasteiger partial charge in [0.05, 0.1) is 11.6 Å². The average Bonchev–Trinajstić information content (AvgIpc) is 2.31. The molecule has 2 rings (SSSR count). The highest BCUT2D eigenvalue weighted by atomic mass is 19.1. The van der Waals surface area contributed by atoms with Crippen LogP contribution in [0.1, 0.15) is 43.4 Å². The molecular formula is C15H22FNO. The number of likely N-dealkylation sites (N-methyl/N-ethyl adjacent to an activating group) is 1. The molecule has 0 saturated heterocycles. The monoisotopic (exact) mass is 251 g/mol. The van der Waals surface area contributed by atoms with Crippen molar-refractivity contribution in [1.82, 2.24) is 5.32 Å². The SMILES string of the molecule is CCNC(c1cc(C)ccc1F)C1(OC)CCC1. The fourth-order valence-corrected chi connectivity index (χ4v) is 2.80. The summed E-state index contributed by atoms with van der Waals surface area (Å²) in [6.45, 7) is 4.85. The highest BCUT2D eigenvalue weighted by Gasteiger charge is 2.45. The molecule has 2 nitrogen and oxygen atoms in total. The summed E-state index contributed by atoms with van der Waals surface area (Å²) < 4.78 is 19.8. The van der Waals surface area contributed by atoms with Gasteiger partial charge in [-0.25, -0.2) is 4.39 Å². The molecule has 0 aliphatic heterocycles. The summed E-state index contributed by atoms with van der Waals surface area (Å²) in [6, 6.07) is 5.24. The van der Waals surface area contributed by atoms with Gasteiger partial charge in [0, 0.05) is 12.7 Å². The van der Waals surface area contributed by atoms with Crippen molar-refractivity contribution in [2.24, 2.45) is 0 Å². The van der Waals surface area contributed by atoms with E-state index >= 15 is 0 Å². The molecule has 1 aliphatic rings. The molecule has 0 bridgehead atoms. The van der Waals surface area contributed by atoms with E-state index in [1.165, 1.54) is 0 Å². The predicted octanol–water partition coefficient (Wildman–Crippen LogP) is 3.35. The Morgan fingerprint density at radius 1 is 1.44 bits per heavy atom. The largest absolute Gasteiger partial charge is 0.376 e.